The fourth-order valence-electron chi connectivity index (χ4n) is 3.75. The van der Waals surface area contributed by atoms with Crippen molar-refractivity contribution >= 4 is 28.5 Å². The number of nitrogens with zero attached hydrogens (tertiary/aromatic N) is 1. The molecular weight excluding hydrogens is 362 g/mol. The highest BCUT2D eigenvalue weighted by molar-refractivity contribution is 6.13. The Balaban J connectivity index is 2.01. The lowest BCUT2D eigenvalue weighted by molar-refractivity contribution is -0.144. The van der Waals surface area contributed by atoms with E-state index >= 15 is 0 Å². The molecule has 1 aliphatic carbocycles. The molecule has 0 saturated carbocycles. The van der Waals surface area contributed by atoms with Gasteiger partial charge in [0.05, 0.1) is 19.6 Å². The molecule has 3 rings (SSSR count). The van der Waals surface area contributed by atoms with Crippen LogP contribution in [0.5, 0.6) is 0 Å². The van der Waals surface area contributed by atoms with Gasteiger partial charge in [-0.25, -0.2) is 0 Å². The SMILES string of the molecule is CCOC(=O)CC1Cc2c(C)cc3cn(CC(=O)OCC)c(=O)cc3c2C1=O. The van der Waals surface area contributed by atoms with Crippen LogP contribution >= 0.6 is 0 Å². The predicted octanol–water partition coefficient (Wildman–Crippen LogP) is 2.18. The Morgan fingerprint density at radius 2 is 1.79 bits per heavy atom. The number of benzene rings is 1. The first-order chi connectivity index (χ1) is 13.3. The van der Waals surface area contributed by atoms with Crippen LogP contribution < -0.4 is 5.56 Å². The Kier molecular flexibility index (Phi) is 5.63. The Hall–Kier alpha value is -2.96. The van der Waals surface area contributed by atoms with Gasteiger partial charge in [-0.15, -0.1) is 0 Å². The Labute approximate surface area is 162 Å². The topological polar surface area (TPSA) is 91.7 Å². The van der Waals surface area contributed by atoms with E-state index < -0.39 is 17.9 Å². The zero-order valence-corrected chi connectivity index (χ0v) is 16.2. The lowest BCUT2D eigenvalue weighted by atomic mass is 9.97. The molecule has 1 unspecified atom stereocenters. The molecule has 1 aromatic carbocycles. The van der Waals surface area contributed by atoms with Crippen molar-refractivity contribution in [2.45, 2.75) is 40.2 Å². The Morgan fingerprint density at radius 3 is 2.46 bits per heavy atom. The minimum atomic E-state index is -0.493. The first-order valence-electron chi connectivity index (χ1n) is 9.37. The zero-order valence-electron chi connectivity index (χ0n) is 16.2. The van der Waals surface area contributed by atoms with Crippen LogP contribution in [-0.4, -0.2) is 35.5 Å². The molecule has 28 heavy (non-hydrogen) atoms. The third kappa shape index (κ3) is 3.69. The number of rotatable bonds is 6. The van der Waals surface area contributed by atoms with Crippen molar-refractivity contribution in [3.8, 4) is 0 Å². The minimum absolute atomic E-state index is 0.0300. The van der Waals surface area contributed by atoms with Gasteiger partial charge in [-0.05, 0) is 55.2 Å². The highest BCUT2D eigenvalue weighted by Crippen LogP contribution is 2.36. The van der Waals surface area contributed by atoms with Crippen molar-refractivity contribution in [3.05, 3.63) is 45.4 Å². The average Bonchev–Trinajstić information content (AvgIpc) is 2.94. The quantitative estimate of drug-likeness (QED) is 0.708. The highest BCUT2D eigenvalue weighted by atomic mass is 16.5. The molecule has 148 valence electrons. The summed E-state index contributed by atoms with van der Waals surface area (Å²) in [6, 6.07) is 3.28. The van der Waals surface area contributed by atoms with Crippen LogP contribution in [0.2, 0.25) is 0 Å². The number of carbonyl (C=O) groups excluding carboxylic acids is 3. The van der Waals surface area contributed by atoms with Crippen LogP contribution in [0.3, 0.4) is 0 Å². The van der Waals surface area contributed by atoms with Gasteiger partial charge in [0.1, 0.15) is 6.54 Å². The van der Waals surface area contributed by atoms with E-state index in [0.717, 1.165) is 11.1 Å². The second kappa shape index (κ2) is 7.96. The van der Waals surface area contributed by atoms with Crippen molar-refractivity contribution in [1.82, 2.24) is 4.57 Å². The van der Waals surface area contributed by atoms with Gasteiger partial charge < -0.3 is 14.0 Å². The van der Waals surface area contributed by atoms with E-state index in [1.807, 2.05) is 13.0 Å². The minimum Gasteiger partial charge on any atom is -0.466 e. The number of aromatic nitrogens is 1. The standard InChI is InChI=1S/C21H23NO6/c1-4-27-18(24)8-13-7-15-12(3)6-14-10-22(11-19(25)28-5-2)17(23)9-16(14)20(15)21(13)26/h6,9-10,13H,4-5,7-8,11H2,1-3H3. The van der Waals surface area contributed by atoms with Crippen molar-refractivity contribution in [2.75, 3.05) is 13.2 Å². The van der Waals surface area contributed by atoms with Gasteiger partial charge in [0, 0.05) is 23.7 Å². The number of ketones is 1. The molecular formula is C21H23NO6. The normalized spacial score (nSPS) is 15.5. The molecule has 0 amide bonds. The molecule has 2 aromatic rings. The number of Topliss-reactive ketones (excluding diaryl/α,β-unsaturated/α-hetero) is 1. The number of esters is 2. The van der Waals surface area contributed by atoms with Crippen LogP contribution in [0.1, 0.15) is 41.8 Å². The van der Waals surface area contributed by atoms with Gasteiger partial charge in [0.15, 0.2) is 5.78 Å². The molecule has 1 atom stereocenters. The third-order valence-electron chi connectivity index (χ3n) is 4.97. The summed E-state index contributed by atoms with van der Waals surface area (Å²) < 4.78 is 11.2. The van der Waals surface area contributed by atoms with Gasteiger partial charge in [0.2, 0.25) is 0 Å². The van der Waals surface area contributed by atoms with Crippen molar-refractivity contribution in [2.24, 2.45) is 5.92 Å². The van der Waals surface area contributed by atoms with E-state index in [1.54, 1.807) is 20.0 Å². The van der Waals surface area contributed by atoms with Gasteiger partial charge in [-0.2, -0.15) is 0 Å². The maximum Gasteiger partial charge on any atom is 0.326 e. The molecule has 1 aromatic heterocycles. The Bertz CT molecular complexity index is 1020. The van der Waals surface area contributed by atoms with Crippen molar-refractivity contribution in [3.63, 3.8) is 0 Å². The number of ether oxygens (including phenoxy) is 2. The monoisotopic (exact) mass is 385 g/mol. The van der Waals surface area contributed by atoms with Gasteiger partial charge in [0.25, 0.3) is 5.56 Å². The lowest BCUT2D eigenvalue weighted by Crippen LogP contribution is -2.24. The first-order valence-corrected chi connectivity index (χ1v) is 9.37. The maximum absolute atomic E-state index is 13.0. The van der Waals surface area contributed by atoms with E-state index in [0.29, 0.717) is 22.8 Å². The highest BCUT2D eigenvalue weighted by Gasteiger charge is 2.35. The molecule has 0 radical (unpaired) electrons. The number of hydrogen-bond donors (Lipinski definition) is 0. The lowest BCUT2D eigenvalue weighted by Gasteiger charge is -2.11. The van der Waals surface area contributed by atoms with Crippen molar-refractivity contribution in [1.29, 1.82) is 0 Å². The van der Waals surface area contributed by atoms with Gasteiger partial charge in [-0.1, -0.05) is 0 Å². The molecule has 7 nitrogen and oxygen atoms in total. The number of hydrogen-bond acceptors (Lipinski definition) is 6. The zero-order chi connectivity index (χ0) is 20.4. The molecule has 0 bridgehead atoms. The number of carbonyl (C=O) groups is 3. The second-order valence-electron chi connectivity index (χ2n) is 6.87. The molecule has 1 aliphatic rings. The van der Waals surface area contributed by atoms with Crippen LogP contribution in [-0.2, 0) is 32.0 Å². The fraction of sp³-hybridized carbons (Fsp3) is 0.429. The van der Waals surface area contributed by atoms with E-state index in [4.69, 9.17) is 9.47 Å². The summed E-state index contributed by atoms with van der Waals surface area (Å²) in [5.41, 5.74) is 1.91. The van der Waals surface area contributed by atoms with E-state index in [9.17, 15) is 19.2 Å². The third-order valence-corrected chi connectivity index (χ3v) is 4.97. The summed E-state index contributed by atoms with van der Waals surface area (Å²) in [6.07, 6.45) is 2.07. The summed E-state index contributed by atoms with van der Waals surface area (Å²) >= 11 is 0. The number of fused-ring (bicyclic) bond motifs is 3. The van der Waals surface area contributed by atoms with Crippen LogP contribution in [0.25, 0.3) is 10.8 Å². The molecule has 1 heterocycles. The van der Waals surface area contributed by atoms with Gasteiger partial charge in [-0.3, -0.25) is 19.2 Å². The van der Waals surface area contributed by atoms with Crippen LogP contribution in [0, 0.1) is 12.8 Å². The number of pyridine rings is 1. The smallest absolute Gasteiger partial charge is 0.326 e. The summed E-state index contributed by atoms with van der Waals surface area (Å²) in [5.74, 6) is -1.50. The van der Waals surface area contributed by atoms with Gasteiger partial charge >= 0.3 is 11.9 Å². The van der Waals surface area contributed by atoms with Crippen molar-refractivity contribution < 1.29 is 23.9 Å². The molecule has 7 heteroatoms. The molecule has 0 spiro atoms. The maximum atomic E-state index is 13.0. The largest absolute Gasteiger partial charge is 0.466 e. The molecule has 0 saturated heterocycles. The molecule has 0 aliphatic heterocycles. The van der Waals surface area contributed by atoms with E-state index in [-0.39, 0.29) is 37.5 Å². The summed E-state index contributed by atoms with van der Waals surface area (Å²) in [7, 11) is 0. The average molecular weight is 385 g/mol. The first kappa shape index (κ1) is 19.8. The summed E-state index contributed by atoms with van der Waals surface area (Å²) in [4.78, 5) is 49.0. The second-order valence-corrected chi connectivity index (χ2v) is 6.87. The molecule has 0 N–H and O–H groups in total. The van der Waals surface area contributed by atoms with Crippen LogP contribution in [0.4, 0.5) is 0 Å². The predicted molar refractivity (Wildman–Crippen MR) is 102 cm³/mol. The van der Waals surface area contributed by atoms with E-state index in [2.05, 4.69) is 0 Å². The summed E-state index contributed by atoms with van der Waals surface area (Å²) in [5, 5.41) is 1.26. The van der Waals surface area contributed by atoms with Crippen LogP contribution in [0.15, 0.2) is 23.1 Å². The fourth-order valence-corrected chi connectivity index (χ4v) is 3.75. The number of aryl methyl sites for hydroxylation is 1. The summed E-state index contributed by atoms with van der Waals surface area (Å²) in [6.45, 7) is 5.66. The molecule has 0 fully saturated rings. The van der Waals surface area contributed by atoms with E-state index in [1.165, 1.54) is 10.6 Å². The Morgan fingerprint density at radius 1 is 1.11 bits per heavy atom.